The fourth-order valence-electron chi connectivity index (χ4n) is 4.18. The van der Waals surface area contributed by atoms with Crippen LogP contribution >= 0.6 is 0 Å². The number of hydrogen-bond donors (Lipinski definition) is 1. The summed E-state index contributed by atoms with van der Waals surface area (Å²) in [4.78, 5) is 10.7. The molecule has 1 unspecified atom stereocenters. The molecule has 0 radical (unpaired) electrons. The zero-order chi connectivity index (χ0) is 21.8. The summed E-state index contributed by atoms with van der Waals surface area (Å²) in [5, 5.41) is 20.8. The lowest BCUT2D eigenvalue weighted by Gasteiger charge is -2.32. The number of aliphatic hydroxyl groups is 1. The van der Waals surface area contributed by atoms with Crippen LogP contribution in [0.3, 0.4) is 0 Å². The van der Waals surface area contributed by atoms with Crippen LogP contribution < -0.4 is 5.11 Å². The number of likely N-dealkylation sites (N-methyl/N-ethyl adjacent to an activating group) is 1. The van der Waals surface area contributed by atoms with Crippen molar-refractivity contribution in [2.45, 2.75) is 129 Å². The van der Waals surface area contributed by atoms with E-state index in [1.807, 2.05) is 14.1 Å². The average Bonchev–Trinajstić information content (AvgIpc) is 2.62. The Morgan fingerprint density at radius 1 is 0.724 bits per heavy atom. The Morgan fingerprint density at radius 2 is 1.07 bits per heavy atom. The third-order valence-electron chi connectivity index (χ3n) is 5.90. The summed E-state index contributed by atoms with van der Waals surface area (Å²) < 4.78 is 0.280. The van der Waals surface area contributed by atoms with Crippen LogP contribution in [0.5, 0.6) is 0 Å². The summed E-state index contributed by atoms with van der Waals surface area (Å²) in [6, 6.07) is 0. The van der Waals surface area contributed by atoms with Crippen molar-refractivity contribution in [2.75, 3.05) is 27.2 Å². The molecule has 4 heteroatoms. The second-order valence-corrected chi connectivity index (χ2v) is 9.75. The largest absolute Gasteiger partial charge is 0.544 e. The van der Waals surface area contributed by atoms with Gasteiger partial charge in [-0.3, -0.25) is 0 Å². The highest BCUT2D eigenvalue weighted by atomic mass is 16.4. The van der Waals surface area contributed by atoms with Gasteiger partial charge in [-0.15, -0.1) is 0 Å². The first kappa shape index (κ1) is 28.4. The van der Waals surface area contributed by atoms with E-state index in [9.17, 15) is 15.0 Å². The first-order valence-electron chi connectivity index (χ1n) is 12.6. The summed E-state index contributed by atoms with van der Waals surface area (Å²) in [6.07, 6.45) is 23.4. The van der Waals surface area contributed by atoms with E-state index in [1.165, 1.54) is 103 Å². The van der Waals surface area contributed by atoms with Crippen LogP contribution in [0.15, 0.2) is 0 Å². The van der Waals surface area contributed by atoms with E-state index >= 15 is 0 Å². The second-order valence-electron chi connectivity index (χ2n) is 9.75. The Hall–Kier alpha value is -0.610. The molecule has 0 aliphatic heterocycles. The third kappa shape index (κ3) is 21.9. The average molecular weight is 414 g/mol. The third-order valence-corrected chi connectivity index (χ3v) is 5.90. The molecule has 0 aliphatic rings. The van der Waals surface area contributed by atoms with E-state index in [2.05, 4.69) is 6.92 Å². The molecule has 0 spiro atoms. The maximum atomic E-state index is 10.7. The van der Waals surface area contributed by atoms with E-state index in [0.29, 0.717) is 6.54 Å². The highest BCUT2D eigenvalue weighted by molar-refractivity contribution is 5.65. The Bertz CT molecular complexity index is 371. The van der Waals surface area contributed by atoms with Gasteiger partial charge in [0.05, 0.1) is 20.1 Å². The highest BCUT2D eigenvalue weighted by Crippen LogP contribution is 2.15. The van der Waals surface area contributed by atoms with E-state index in [-0.39, 0.29) is 11.0 Å². The van der Waals surface area contributed by atoms with Crippen LogP contribution in [0.2, 0.25) is 0 Å². The van der Waals surface area contributed by atoms with Gasteiger partial charge in [0.15, 0.2) is 0 Å². The molecule has 0 rings (SSSR count). The minimum Gasteiger partial charge on any atom is -0.544 e. The molecule has 0 aromatic rings. The molecule has 0 saturated heterocycles. The summed E-state index contributed by atoms with van der Waals surface area (Å²) in [7, 11) is 3.65. The summed E-state index contributed by atoms with van der Waals surface area (Å²) in [5.41, 5.74) is 0. The van der Waals surface area contributed by atoms with Gasteiger partial charge < -0.3 is 19.5 Å². The molecule has 0 aromatic carbocycles. The Labute approximate surface area is 181 Å². The van der Waals surface area contributed by atoms with Crippen molar-refractivity contribution < 1.29 is 19.5 Å². The Kier molecular flexibility index (Phi) is 19.0. The number of carboxylic acids is 1. The van der Waals surface area contributed by atoms with Crippen molar-refractivity contribution in [1.29, 1.82) is 0 Å². The van der Waals surface area contributed by atoms with Gasteiger partial charge in [-0.2, -0.15) is 0 Å². The standard InChI is InChI=1S/C25H51NO3/c1-4-5-6-7-8-9-10-11-12-13-14-15-16-17-18-19-20-21-24(27)22-26(2,3)23-25(28)29/h24,27H,4-23H2,1-3H3. The van der Waals surface area contributed by atoms with Crippen molar-refractivity contribution in [3.05, 3.63) is 0 Å². The Morgan fingerprint density at radius 3 is 1.41 bits per heavy atom. The number of aliphatic carboxylic acids is 1. The molecule has 0 aliphatic carbocycles. The minimum atomic E-state index is -1.06. The zero-order valence-corrected chi connectivity index (χ0v) is 19.9. The quantitative estimate of drug-likeness (QED) is 0.196. The number of hydrogen-bond acceptors (Lipinski definition) is 3. The number of unbranched alkanes of at least 4 members (excludes halogenated alkanes) is 16. The fraction of sp³-hybridized carbons (Fsp3) is 0.960. The molecule has 1 N–H and O–H groups in total. The van der Waals surface area contributed by atoms with Gasteiger partial charge in [0.2, 0.25) is 0 Å². The van der Waals surface area contributed by atoms with E-state index in [0.717, 1.165) is 12.8 Å². The lowest BCUT2D eigenvalue weighted by atomic mass is 10.0. The van der Waals surface area contributed by atoms with Gasteiger partial charge in [0.25, 0.3) is 0 Å². The van der Waals surface area contributed by atoms with Crippen molar-refractivity contribution in [3.8, 4) is 0 Å². The first-order valence-corrected chi connectivity index (χ1v) is 12.6. The molecule has 0 amide bonds. The molecular weight excluding hydrogens is 362 g/mol. The molecule has 174 valence electrons. The number of carbonyl (C=O) groups is 1. The van der Waals surface area contributed by atoms with Gasteiger partial charge in [0.1, 0.15) is 19.2 Å². The van der Waals surface area contributed by atoms with Gasteiger partial charge in [-0.05, 0) is 6.42 Å². The van der Waals surface area contributed by atoms with Gasteiger partial charge >= 0.3 is 0 Å². The fourth-order valence-corrected chi connectivity index (χ4v) is 4.18. The van der Waals surface area contributed by atoms with Gasteiger partial charge in [-0.1, -0.05) is 116 Å². The number of nitrogens with zero attached hydrogens (tertiary/aromatic N) is 1. The molecule has 0 aromatic heterocycles. The smallest absolute Gasteiger partial charge is 0.119 e. The van der Waals surface area contributed by atoms with Crippen LogP contribution in [-0.4, -0.2) is 48.8 Å². The van der Waals surface area contributed by atoms with Crippen LogP contribution in [0.1, 0.15) is 122 Å². The predicted octanol–water partition coefficient (Wildman–Crippen LogP) is 5.22. The maximum absolute atomic E-state index is 10.7. The topological polar surface area (TPSA) is 60.4 Å². The van der Waals surface area contributed by atoms with Gasteiger partial charge in [0, 0.05) is 0 Å². The van der Waals surface area contributed by atoms with Gasteiger partial charge in [-0.25, -0.2) is 0 Å². The van der Waals surface area contributed by atoms with Crippen LogP contribution in [0.4, 0.5) is 0 Å². The van der Waals surface area contributed by atoms with E-state index < -0.39 is 12.1 Å². The van der Waals surface area contributed by atoms with Crippen molar-refractivity contribution >= 4 is 5.97 Å². The van der Waals surface area contributed by atoms with E-state index in [4.69, 9.17) is 0 Å². The van der Waals surface area contributed by atoms with Crippen molar-refractivity contribution in [1.82, 2.24) is 0 Å². The molecular formula is C25H51NO3. The number of carboxylic acid groups (broad SMARTS) is 1. The molecule has 0 heterocycles. The molecule has 1 atom stereocenters. The molecule has 0 fully saturated rings. The molecule has 4 nitrogen and oxygen atoms in total. The summed E-state index contributed by atoms with van der Waals surface area (Å²) >= 11 is 0. The highest BCUT2D eigenvalue weighted by Gasteiger charge is 2.20. The predicted molar refractivity (Wildman–Crippen MR) is 122 cm³/mol. The number of rotatable bonds is 22. The first-order chi connectivity index (χ1) is 13.9. The number of carbonyl (C=O) groups excluding carboxylic acids is 1. The van der Waals surface area contributed by atoms with Crippen molar-refractivity contribution in [2.24, 2.45) is 0 Å². The lowest BCUT2D eigenvalue weighted by molar-refractivity contribution is -0.887. The number of quaternary nitrogens is 1. The Balaban J connectivity index is 3.28. The normalized spacial score (nSPS) is 13.0. The molecule has 29 heavy (non-hydrogen) atoms. The monoisotopic (exact) mass is 413 g/mol. The molecule has 0 bridgehead atoms. The zero-order valence-electron chi connectivity index (χ0n) is 19.9. The van der Waals surface area contributed by atoms with Crippen molar-refractivity contribution in [3.63, 3.8) is 0 Å². The maximum Gasteiger partial charge on any atom is 0.119 e. The van der Waals surface area contributed by atoms with E-state index in [1.54, 1.807) is 0 Å². The summed E-state index contributed by atoms with van der Waals surface area (Å²) in [6.45, 7) is 2.71. The summed E-state index contributed by atoms with van der Waals surface area (Å²) in [5.74, 6) is -1.06. The SMILES string of the molecule is CCCCCCCCCCCCCCCCCCCC(O)C[N+](C)(C)CC(=O)[O-]. The van der Waals surface area contributed by atoms with Crippen LogP contribution in [0, 0.1) is 0 Å². The van der Waals surface area contributed by atoms with Crippen LogP contribution in [0.25, 0.3) is 0 Å². The second kappa shape index (κ2) is 19.4. The molecule has 0 saturated carbocycles. The van der Waals surface area contributed by atoms with Crippen LogP contribution in [-0.2, 0) is 4.79 Å². The lowest BCUT2D eigenvalue weighted by Crippen LogP contribution is -2.51. The minimum absolute atomic E-state index is 0.0455. The number of aliphatic hydroxyl groups excluding tert-OH is 1.